The van der Waals surface area contributed by atoms with Crippen LogP contribution in [0.1, 0.15) is 19.1 Å². The van der Waals surface area contributed by atoms with Gasteiger partial charge in [-0.2, -0.15) is 0 Å². The Morgan fingerprint density at radius 2 is 2.00 bits per heavy atom. The summed E-state index contributed by atoms with van der Waals surface area (Å²) >= 11 is 12.1. The van der Waals surface area contributed by atoms with Gasteiger partial charge in [0, 0.05) is 23.8 Å². The van der Waals surface area contributed by atoms with Crippen molar-refractivity contribution < 1.29 is 21.6 Å². The minimum Gasteiger partial charge on any atom is -1.00 e. The molecule has 0 spiro atoms. The number of hydrogen-bond acceptors (Lipinski definition) is 3. The van der Waals surface area contributed by atoms with Crippen LogP contribution in [0.4, 0.5) is 0 Å². The van der Waals surface area contributed by atoms with Gasteiger partial charge in [-0.3, -0.25) is 0 Å². The molecule has 22 heavy (non-hydrogen) atoms. The number of nitrogens with one attached hydrogen (secondary N) is 1. The minimum atomic E-state index is 0. The van der Waals surface area contributed by atoms with E-state index in [4.69, 9.17) is 32.4 Å². The lowest BCUT2D eigenvalue weighted by atomic mass is 10.2. The lowest BCUT2D eigenvalue weighted by molar-refractivity contribution is -0.00000555. The normalized spacial score (nSPS) is 10.5. The molecule has 2 aromatic rings. The van der Waals surface area contributed by atoms with Crippen molar-refractivity contribution in [3.63, 3.8) is 0 Å². The van der Waals surface area contributed by atoms with Crippen molar-refractivity contribution in [2.24, 2.45) is 0 Å². The Balaban J connectivity index is 0.00000242. The first kappa shape index (κ1) is 19.3. The molecule has 0 amide bonds. The summed E-state index contributed by atoms with van der Waals surface area (Å²) in [7, 11) is 0. The van der Waals surface area contributed by atoms with Crippen molar-refractivity contribution >= 4 is 23.2 Å². The summed E-state index contributed by atoms with van der Waals surface area (Å²) in [6.07, 6.45) is 0.990. The number of furan rings is 1. The third kappa shape index (κ3) is 5.82. The molecule has 3 nitrogen and oxygen atoms in total. The SMILES string of the molecule is CCOCCCNCc1ccc(-c2ccc(Cl)cc2Cl)o1.[Cl-]. The van der Waals surface area contributed by atoms with Gasteiger partial charge in [-0.15, -0.1) is 0 Å². The van der Waals surface area contributed by atoms with Gasteiger partial charge < -0.3 is 26.9 Å². The molecule has 6 heteroatoms. The largest absolute Gasteiger partial charge is 1.00 e. The highest BCUT2D eigenvalue weighted by Crippen LogP contribution is 2.31. The van der Waals surface area contributed by atoms with Gasteiger partial charge in [0.1, 0.15) is 11.5 Å². The molecule has 0 saturated carbocycles. The zero-order chi connectivity index (χ0) is 15.1. The molecule has 1 aromatic heterocycles. The fraction of sp³-hybridized carbons (Fsp3) is 0.375. The highest BCUT2D eigenvalue weighted by molar-refractivity contribution is 6.36. The molecule has 0 bridgehead atoms. The van der Waals surface area contributed by atoms with Crippen molar-refractivity contribution in [3.8, 4) is 11.3 Å². The van der Waals surface area contributed by atoms with Crippen molar-refractivity contribution in [1.82, 2.24) is 5.32 Å². The van der Waals surface area contributed by atoms with Crippen molar-refractivity contribution in [2.45, 2.75) is 19.9 Å². The topological polar surface area (TPSA) is 34.4 Å². The van der Waals surface area contributed by atoms with Crippen LogP contribution in [0.3, 0.4) is 0 Å². The Morgan fingerprint density at radius 3 is 2.73 bits per heavy atom. The average molecular weight is 364 g/mol. The van der Waals surface area contributed by atoms with E-state index in [1.807, 2.05) is 25.1 Å². The van der Waals surface area contributed by atoms with Crippen LogP contribution in [0.15, 0.2) is 34.7 Å². The molecule has 1 heterocycles. The molecule has 1 aromatic carbocycles. The Kier molecular flexibility index (Phi) is 8.91. The predicted octanol–water partition coefficient (Wildman–Crippen LogP) is 1.77. The highest BCUT2D eigenvalue weighted by atomic mass is 35.5. The van der Waals surface area contributed by atoms with Crippen LogP contribution in [-0.4, -0.2) is 19.8 Å². The molecule has 0 aliphatic rings. The van der Waals surface area contributed by atoms with E-state index >= 15 is 0 Å². The third-order valence-electron chi connectivity index (χ3n) is 3.00. The zero-order valence-electron chi connectivity index (χ0n) is 12.4. The summed E-state index contributed by atoms with van der Waals surface area (Å²) in [5.41, 5.74) is 0.851. The number of halogens is 3. The lowest BCUT2D eigenvalue weighted by Gasteiger charge is -2.04. The Bertz CT molecular complexity index is 572. The monoisotopic (exact) mass is 362 g/mol. The Hall–Kier alpha value is -0.710. The number of benzene rings is 1. The van der Waals surface area contributed by atoms with E-state index in [0.717, 1.165) is 43.3 Å². The number of ether oxygens (including phenoxy) is 1. The van der Waals surface area contributed by atoms with E-state index < -0.39 is 0 Å². The van der Waals surface area contributed by atoms with E-state index in [1.165, 1.54) is 0 Å². The molecule has 2 rings (SSSR count). The van der Waals surface area contributed by atoms with Crippen LogP contribution in [0.25, 0.3) is 11.3 Å². The molecular weight excluding hydrogens is 345 g/mol. The first-order valence-corrected chi connectivity index (χ1v) is 7.79. The molecule has 122 valence electrons. The Labute approximate surface area is 147 Å². The fourth-order valence-electron chi connectivity index (χ4n) is 1.96. The van der Waals surface area contributed by atoms with Gasteiger partial charge >= 0.3 is 0 Å². The zero-order valence-corrected chi connectivity index (χ0v) is 14.6. The molecule has 0 aliphatic heterocycles. The first-order chi connectivity index (χ1) is 10.2. The number of hydrogen-bond donors (Lipinski definition) is 1. The first-order valence-electron chi connectivity index (χ1n) is 7.03. The molecule has 0 unspecified atom stereocenters. The summed E-state index contributed by atoms with van der Waals surface area (Å²) in [6, 6.07) is 9.26. The highest BCUT2D eigenvalue weighted by Gasteiger charge is 2.09. The summed E-state index contributed by atoms with van der Waals surface area (Å²) in [6.45, 7) is 5.14. The van der Waals surface area contributed by atoms with Gasteiger partial charge in [-0.05, 0) is 50.2 Å². The quantitative estimate of drug-likeness (QED) is 0.726. The average Bonchev–Trinajstić information content (AvgIpc) is 2.91. The van der Waals surface area contributed by atoms with Crippen LogP contribution < -0.4 is 17.7 Å². The van der Waals surface area contributed by atoms with Gasteiger partial charge in [0.2, 0.25) is 0 Å². The third-order valence-corrected chi connectivity index (χ3v) is 3.55. The summed E-state index contributed by atoms with van der Waals surface area (Å²) in [5.74, 6) is 1.63. The van der Waals surface area contributed by atoms with Crippen LogP contribution in [-0.2, 0) is 11.3 Å². The van der Waals surface area contributed by atoms with Gasteiger partial charge in [0.25, 0.3) is 0 Å². The molecule has 0 atom stereocenters. The maximum atomic E-state index is 6.17. The summed E-state index contributed by atoms with van der Waals surface area (Å²) in [4.78, 5) is 0. The second kappa shape index (κ2) is 10.1. The smallest absolute Gasteiger partial charge is 0.135 e. The molecular formula is C16H19Cl3NO2-. The molecule has 0 saturated heterocycles. The van der Waals surface area contributed by atoms with E-state index in [-0.39, 0.29) is 12.4 Å². The van der Waals surface area contributed by atoms with Crippen molar-refractivity contribution in [3.05, 3.63) is 46.1 Å². The molecule has 0 aliphatic carbocycles. The maximum Gasteiger partial charge on any atom is 0.135 e. The van der Waals surface area contributed by atoms with E-state index in [9.17, 15) is 0 Å². The van der Waals surface area contributed by atoms with E-state index in [1.54, 1.807) is 12.1 Å². The van der Waals surface area contributed by atoms with E-state index in [0.29, 0.717) is 16.6 Å². The van der Waals surface area contributed by atoms with Crippen LogP contribution in [0.5, 0.6) is 0 Å². The molecule has 0 radical (unpaired) electrons. The summed E-state index contributed by atoms with van der Waals surface area (Å²) < 4.78 is 11.1. The van der Waals surface area contributed by atoms with Crippen LogP contribution in [0, 0.1) is 0 Å². The van der Waals surface area contributed by atoms with E-state index in [2.05, 4.69) is 5.32 Å². The van der Waals surface area contributed by atoms with Gasteiger partial charge in [-0.1, -0.05) is 23.2 Å². The Morgan fingerprint density at radius 1 is 1.18 bits per heavy atom. The predicted molar refractivity (Wildman–Crippen MR) is 87.0 cm³/mol. The minimum absolute atomic E-state index is 0. The second-order valence-electron chi connectivity index (χ2n) is 4.62. The molecule has 1 N–H and O–H groups in total. The van der Waals surface area contributed by atoms with Gasteiger partial charge in [0.05, 0.1) is 11.6 Å². The molecule has 0 fully saturated rings. The lowest BCUT2D eigenvalue weighted by Crippen LogP contribution is -3.00. The van der Waals surface area contributed by atoms with Crippen molar-refractivity contribution in [2.75, 3.05) is 19.8 Å². The number of rotatable bonds is 8. The van der Waals surface area contributed by atoms with Gasteiger partial charge in [-0.25, -0.2) is 0 Å². The van der Waals surface area contributed by atoms with Crippen LogP contribution >= 0.6 is 23.2 Å². The van der Waals surface area contributed by atoms with Crippen molar-refractivity contribution in [1.29, 1.82) is 0 Å². The standard InChI is InChI=1S/C16H19Cl2NO2.ClH/c1-2-20-9-3-8-19-11-13-5-7-16(21-13)14-6-4-12(17)10-15(14)18;/h4-7,10,19H,2-3,8-9,11H2,1H3;1H/p-1. The second-order valence-corrected chi connectivity index (χ2v) is 5.46. The van der Waals surface area contributed by atoms with Crippen LogP contribution in [0.2, 0.25) is 10.0 Å². The summed E-state index contributed by atoms with van der Waals surface area (Å²) in [5, 5.41) is 4.53. The fourth-order valence-corrected chi connectivity index (χ4v) is 2.46. The maximum absolute atomic E-state index is 6.17. The van der Waals surface area contributed by atoms with Gasteiger partial charge in [0.15, 0.2) is 0 Å².